The monoisotopic (exact) mass is 473 g/mol. The van der Waals surface area contributed by atoms with E-state index in [1.54, 1.807) is 4.90 Å². The van der Waals surface area contributed by atoms with E-state index in [0.29, 0.717) is 11.7 Å². The zero-order chi connectivity index (χ0) is 24.4. The number of likely N-dealkylation sites (tertiary alicyclic amines) is 1. The fourth-order valence-corrected chi connectivity index (χ4v) is 4.86. The quantitative estimate of drug-likeness (QED) is 0.345. The Hall–Kier alpha value is -2.98. The van der Waals surface area contributed by atoms with Gasteiger partial charge in [-0.05, 0) is 49.9 Å². The molecule has 1 aliphatic heterocycles. The fraction of sp³-hybridized carbons (Fsp3) is 0.478. The Labute approximate surface area is 199 Å². The lowest BCUT2D eigenvalue weighted by molar-refractivity contribution is -0.133. The third-order valence-corrected chi connectivity index (χ3v) is 6.39. The molecular formula is C23H35N7O2S. The molecule has 0 spiro atoms. The van der Waals surface area contributed by atoms with Gasteiger partial charge in [-0.2, -0.15) is 0 Å². The molecule has 1 saturated heterocycles. The van der Waals surface area contributed by atoms with E-state index in [4.69, 9.17) is 10.4 Å². The fourth-order valence-electron chi connectivity index (χ4n) is 3.78. The van der Waals surface area contributed by atoms with Gasteiger partial charge in [-0.3, -0.25) is 19.9 Å². The molecule has 2 amide bonds. The van der Waals surface area contributed by atoms with Crippen molar-refractivity contribution in [1.82, 2.24) is 14.8 Å². The van der Waals surface area contributed by atoms with E-state index in [0.717, 1.165) is 54.8 Å². The summed E-state index contributed by atoms with van der Waals surface area (Å²) in [4.78, 5) is 33.8. The summed E-state index contributed by atoms with van der Waals surface area (Å²) in [7, 11) is 5.53. The maximum absolute atomic E-state index is 12.6. The number of aromatic nitrogens is 1. The van der Waals surface area contributed by atoms with Gasteiger partial charge in [0.15, 0.2) is 5.13 Å². The first-order valence-corrected chi connectivity index (χ1v) is 11.8. The minimum absolute atomic E-state index is 0.0757. The number of hydrogen-bond donors (Lipinski definition) is 4. The number of nitrogens with two attached hydrogens (primary N) is 1. The van der Waals surface area contributed by atoms with Crippen LogP contribution in [0.5, 0.6) is 0 Å². The molecule has 1 aromatic heterocycles. The normalized spacial score (nSPS) is 15.3. The number of likely N-dealkylation sites (N-methyl/N-ethyl adjacent to an activating group) is 1. The number of rotatable bonds is 8. The second kappa shape index (κ2) is 12.9. The van der Waals surface area contributed by atoms with Crippen LogP contribution in [0, 0.1) is 5.41 Å². The van der Waals surface area contributed by atoms with Crippen LogP contribution in [0.2, 0.25) is 0 Å². The second-order valence-electron chi connectivity index (χ2n) is 8.04. The molecule has 9 nitrogen and oxygen atoms in total. The molecule has 2 heterocycles. The summed E-state index contributed by atoms with van der Waals surface area (Å²) in [6, 6.07) is 8.31. The van der Waals surface area contributed by atoms with Crippen LogP contribution in [0.25, 0.3) is 0 Å². The molecule has 1 aromatic carbocycles. The van der Waals surface area contributed by atoms with Crippen molar-refractivity contribution in [3.8, 4) is 0 Å². The zero-order valence-electron chi connectivity index (χ0n) is 19.9. The van der Waals surface area contributed by atoms with Gasteiger partial charge in [-0.1, -0.05) is 12.1 Å². The van der Waals surface area contributed by atoms with Crippen molar-refractivity contribution >= 4 is 40.3 Å². The van der Waals surface area contributed by atoms with Crippen molar-refractivity contribution in [2.24, 2.45) is 5.73 Å². The van der Waals surface area contributed by atoms with Crippen LogP contribution >= 0.6 is 11.3 Å². The largest absolute Gasteiger partial charge is 0.390 e. The van der Waals surface area contributed by atoms with E-state index < -0.39 is 0 Å². The molecule has 1 fully saturated rings. The van der Waals surface area contributed by atoms with Gasteiger partial charge in [-0.15, -0.1) is 11.3 Å². The Morgan fingerprint density at radius 1 is 1.30 bits per heavy atom. The molecule has 0 radical (unpaired) electrons. The highest BCUT2D eigenvalue weighted by Gasteiger charge is 2.32. The Bertz CT molecular complexity index is 927. The number of amides is 2. The summed E-state index contributed by atoms with van der Waals surface area (Å²) in [6.07, 6.45) is 4.33. The summed E-state index contributed by atoms with van der Waals surface area (Å²) in [6.45, 7) is 3.09. The maximum atomic E-state index is 12.6. The number of nitrogens with zero attached hydrogens (tertiary/aromatic N) is 3. The highest BCUT2D eigenvalue weighted by atomic mass is 32.1. The average molecular weight is 474 g/mol. The molecule has 0 unspecified atom stereocenters. The van der Waals surface area contributed by atoms with E-state index in [1.165, 1.54) is 23.8 Å². The number of nitrogens with one attached hydrogen (secondary N) is 3. The molecule has 0 bridgehead atoms. The number of anilines is 2. The van der Waals surface area contributed by atoms with Crippen molar-refractivity contribution in [3.05, 3.63) is 40.4 Å². The predicted octanol–water partition coefficient (Wildman–Crippen LogP) is 2.53. The van der Waals surface area contributed by atoms with Crippen LogP contribution in [-0.4, -0.2) is 66.7 Å². The molecule has 1 aliphatic rings. The first kappa shape index (κ1) is 26.3. The summed E-state index contributed by atoms with van der Waals surface area (Å²) < 4.78 is 0. The van der Waals surface area contributed by atoms with E-state index in [2.05, 4.69) is 45.5 Å². The van der Waals surface area contributed by atoms with Crippen LogP contribution in [-0.2, 0) is 29.0 Å². The zero-order valence-corrected chi connectivity index (χ0v) is 20.7. The number of hydrogen-bond acceptors (Lipinski definition) is 7. The SMILES string of the molecule is CNc1ccc(CCc2nc(NC(C)=O)sc2CN2CCC[C@H]2C(=O)N(C)C)cc1.N=CN. The molecule has 2 aromatic rings. The summed E-state index contributed by atoms with van der Waals surface area (Å²) in [5, 5.41) is 12.4. The van der Waals surface area contributed by atoms with E-state index in [1.807, 2.05) is 21.1 Å². The van der Waals surface area contributed by atoms with Gasteiger partial charge in [0, 0.05) is 45.2 Å². The molecule has 1 atom stereocenters. The van der Waals surface area contributed by atoms with Crippen molar-refractivity contribution in [3.63, 3.8) is 0 Å². The van der Waals surface area contributed by atoms with Crippen LogP contribution < -0.4 is 16.4 Å². The molecule has 0 aliphatic carbocycles. The lowest BCUT2D eigenvalue weighted by atomic mass is 10.1. The molecule has 10 heteroatoms. The van der Waals surface area contributed by atoms with Gasteiger partial charge in [0.05, 0.1) is 18.1 Å². The minimum atomic E-state index is -0.119. The first-order chi connectivity index (χ1) is 15.8. The van der Waals surface area contributed by atoms with Gasteiger partial charge in [0.2, 0.25) is 11.8 Å². The van der Waals surface area contributed by atoms with Crippen molar-refractivity contribution in [2.75, 3.05) is 38.3 Å². The first-order valence-electron chi connectivity index (χ1n) is 11.0. The van der Waals surface area contributed by atoms with Crippen LogP contribution in [0.1, 0.15) is 35.9 Å². The van der Waals surface area contributed by atoms with Gasteiger partial charge in [-0.25, -0.2) is 4.98 Å². The highest BCUT2D eigenvalue weighted by molar-refractivity contribution is 7.15. The third kappa shape index (κ3) is 7.83. The number of carbonyl (C=O) groups excluding carboxylic acids is 2. The Kier molecular flexibility index (Phi) is 10.3. The molecular weight excluding hydrogens is 438 g/mol. The molecule has 33 heavy (non-hydrogen) atoms. The Balaban J connectivity index is 0.00000122. The van der Waals surface area contributed by atoms with Gasteiger partial charge < -0.3 is 21.3 Å². The van der Waals surface area contributed by atoms with Crippen molar-refractivity contribution in [2.45, 2.75) is 45.2 Å². The van der Waals surface area contributed by atoms with Crippen LogP contribution in [0.4, 0.5) is 10.8 Å². The molecule has 0 saturated carbocycles. The van der Waals surface area contributed by atoms with Crippen LogP contribution in [0.15, 0.2) is 24.3 Å². The number of aryl methyl sites for hydroxylation is 2. The number of thiazole rings is 1. The lowest BCUT2D eigenvalue weighted by Gasteiger charge is -2.25. The van der Waals surface area contributed by atoms with Gasteiger partial charge in [0.1, 0.15) is 0 Å². The average Bonchev–Trinajstić information content (AvgIpc) is 3.39. The minimum Gasteiger partial charge on any atom is -0.390 e. The number of benzene rings is 1. The topological polar surface area (TPSA) is 127 Å². The maximum Gasteiger partial charge on any atom is 0.239 e. The van der Waals surface area contributed by atoms with E-state index >= 15 is 0 Å². The summed E-state index contributed by atoms with van der Waals surface area (Å²) in [5.74, 6) is 0.0385. The second-order valence-corrected chi connectivity index (χ2v) is 9.13. The molecule has 180 valence electrons. The third-order valence-electron chi connectivity index (χ3n) is 5.39. The van der Waals surface area contributed by atoms with Crippen molar-refractivity contribution < 1.29 is 9.59 Å². The number of carbonyl (C=O) groups is 2. The predicted molar refractivity (Wildman–Crippen MR) is 135 cm³/mol. The smallest absolute Gasteiger partial charge is 0.239 e. The Morgan fingerprint density at radius 3 is 2.55 bits per heavy atom. The van der Waals surface area contributed by atoms with Crippen molar-refractivity contribution in [1.29, 1.82) is 5.41 Å². The molecule has 5 N–H and O–H groups in total. The molecule has 3 rings (SSSR count). The van der Waals surface area contributed by atoms with E-state index in [-0.39, 0.29) is 17.9 Å². The lowest BCUT2D eigenvalue weighted by Crippen LogP contribution is -2.42. The standard InChI is InChI=1S/C22H31N5O2S.CH4N2/c1-15(28)24-22-25-18(12-9-16-7-10-17(23-2)11-8-16)20(30-22)14-27-13-5-6-19(27)21(29)26(3)4;2-1-3/h7-8,10-11,19,23H,5-6,9,12-14H2,1-4H3,(H,24,25,28);1H,(H3,2,3)/t19-;/m0./s1. The van der Waals surface area contributed by atoms with Crippen LogP contribution in [0.3, 0.4) is 0 Å². The summed E-state index contributed by atoms with van der Waals surface area (Å²) in [5.41, 5.74) is 7.73. The summed E-state index contributed by atoms with van der Waals surface area (Å²) >= 11 is 1.52. The van der Waals surface area contributed by atoms with E-state index in [9.17, 15) is 9.59 Å². The highest BCUT2D eigenvalue weighted by Crippen LogP contribution is 2.29. The Morgan fingerprint density at radius 2 is 1.97 bits per heavy atom. The van der Waals surface area contributed by atoms with Gasteiger partial charge in [0.25, 0.3) is 0 Å². The van der Waals surface area contributed by atoms with Gasteiger partial charge >= 0.3 is 0 Å².